The number of amides is 1. The highest BCUT2D eigenvalue weighted by Gasteiger charge is 2.22. The Bertz CT molecular complexity index is 500. The van der Waals surface area contributed by atoms with Gasteiger partial charge < -0.3 is 10.2 Å². The molecule has 0 bridgehead atoms. The molecule has 1 aromatic rings. The van der Waals surface area contributed by atoms with Gasteiger partial charge in [-0.05, 0) is 30.9 Å². The van der Waals surface area contributed by atoms with Crippen LogP contribution in [-0.4, -0.2) is 48.4 Å². The zero-order valence-electron chi connectivity index (χ0n) is 12.2. The Hall–Kier alpha value is -1.55. The summed E-state index contributed by atoms with van der Waals surface area (Å²) in [6.07, 6.45) is 2.19. The van der Waals surface area contributed by atoms with Gasteiger partial charge >= 0.3 is 0 Å². The number of nitrogens with one attached hydrogen (secondary N) is 1. The van der Waals surface area contributed by atoms with Gasteiger partial charge in [0, 0.05) is 38.4 Å². The number of benzene rings is 1. The highest BCUT2D eigenvalue weighted by atomic mass is 16.2. The third-order valence-corrected chi connectivity index (χ3v) is 4.32. The molecular formula is C16H23N3O. The maximum Gasteiger partial charge on any atom is 0.236 e. The van der Waals surface area contributed by atoms with Crippen molar-refractivity contribution in [1.29, 1.82) is 0 Å². The van der Waals surface area contributed by atoms with Crippen molar-refractivity contribution in [3.63, 3.8) is 0 Å². The van der Waals surface area contributed by atoms with Crippen molar-refractivity contribution < 1.29 is 4.79 Å². The first-order valence-corrected chi connectivity index (χ1v) is 7.62. The molecule has 3 rings (SSSR count). The Morgan fingerprint density at radius 2 is 2.20 bits per heavy atom. The number of anilines is 1. The molecule has 0 atom stereocenters. The van der Waals surface area contributed by atoms with Gasteiger partial charge in [0.25, 0.3) is 0 Å². The summed E-state index contributed by atoms with van der Waals surface area (Å²) in [6, 6.07) is 6.52. The number of hydrogen-bond donors (Lipinski definition) is 1. The molecule has 4 heteroatoms. The van der Waals surface area contributed by atoms with E-state index in [0.717, 1.165) is 45.6 Å². The van der Waals surface area contributed by atoms with E-state index in [9.17, 15) is 4.79 Å². The van der Waals surface area contributed by atoms with Crippen LogP contribution in [0.1, 0.15) is 24.5 Å². The second-order valence-electron chi connectivity index (χ2n) is 5.67. The van der Waals surface area contributed by atoms with Crippen LogP contribution in [0, 0.1) is 0 Å². The fourth-order valence-electron chi connectivity index (χ4n) is 3.23. The largest absolute Gasteiger partial charge is 0.384 e. The minimum atomic E-state index is 0.269. The van der Waals surface area contributed by atoms with Gasteiger partial charge in [-0.3, -0.25) is 9.69 Å². The minimum Gasteiger partial charge on any atom is -0.384 e. The van der Waals surface area contributed by atoms with Crippen molar-refractivity contribution in [3.05, 3.63) is 29.3 Å². The van der Waals surface area contributed by atoms with Crippen LogP contribution in [0.2, 0.25) is 0 Å². The van der Waals surface area contributed by atoms with E-state index in [1.165, 1.54) is 16.8 Å². The van der Waals surface area contributed by atoms with Crippen LogP contribution < -0.4 is 5.32 Å². The lowest BCUT2D eigenvalue weighted by Gasteiger charge is -2.21. The average molecular weight is 273 g/mol. The molecule has 0 unspecified atom stereocenters. The fraction of sp³-hybridized carbons (Fsp3) is 0.562. The summed E-state index contributed by atoms with van der Waals surface area (Å²) < 4.78 is 0. The summed E-state index contributed by atoms with van der Waals surface area (Å²) in [7, 11) is 0. The van der Waals surface area contributed by atoms with Crippen LogP contribution in [0.15, 0.2) is 18.2 Å². The number of fused-ring (bicyclic) bond motifs is 1. The van der Waals surface area contributed by atoms with Crippen molar-refractivity contribution in [2.24, 2.45) is 0 Å². The van der Waals surface area contributed by atoms with E-state index in [-0.39, 0.29) is 5.91 Å². The number of carbonyl (C=O) groups is 1. The summed E-state index contributed by atoms with van der Waals surface area (Å²) in [5, 5.41) is 3.48. The van der Waals surface area contributed by atoms with Crippen LogP contribution in [0.4, 0.5) is 5.69 Å². The maximum absolute atomic E-state index is 12.1. The molecule has 4 nitrogen and oxygen atoms in total. The van der Waals surface area contributed by atoms with E-state index in [1.54, 1.807) is 0 Å². The first-order valence-electron chi connectivity index (χ1n) is 7.62. The first-order chi connectivity index (χ1) is 9.78. The van der Waals surface area contributed by atoms with Crippen LogP contribution >= 0.6 is 0 Å². The van der Waals surface area contributed by atoms with Gasteiger partial charge in [0.1, 0.15) is 0 Å². The molecule has 1 amide bonds. The van der Waals surface area contributed by atoms with Gasteiger partial charge in [-0.25, -0.2) is 0 Å². The molecule has 1 saturated heterocycles. The highest BCUT2D eigenvalue weighted by Crippen LogP contribution is 2.27. The molecule has 0 spiro atoms. The molecule has 20 heavy (non-hydrogen) atoms. The molecule has 1 aromatic carbocycles. The second kappa shape index (κ2) is 5.83. The molecule has 2 aliphatic heterocycles. The van der Waals surface area contributed by atoms with E-state index in [4.69, 9.17) is 0 Å². The quantitative estimate of drug-likeness (QED) is 0.910. The average Bonchev–Trinajstić information content (AvgIpc) is 2.85. The third kappa shape index (κ3) is 2.66. The lowest BCUT2D eigenvalue weighted by Crippen LogP contribution is -2.36. The normalized spacial score (nSPS) is 19.6. The van der Waals surface area contributed by atoms with Gasteiger partial charge in [0.2, 0.25) is 5.91 Å². The van der Waals surface area contributed by atoms with Crippen LogP contribution in [0.3, 0.4) is 0 Å². The van der Waals surface area contributed by atoms with Crippen LogP contribution in [-0.2, 0) is 17.8 Å². The van der Waals surface area contributed by atoms with Gasteiger partial charge in [0.15, 0.2) is 0 Å². The second-order valence-corrected chi connectivity index (χ2v) is 5.67. The third-order valence-electron chi connectivity index (χ3n) is 4.32. The summed E-state index contributed by atoms with van der Waals surface area (Å²) in [5.74, 6) is 0.269. The summed E-state index contributed by atoms with van der Waals surface area (Å²) >= 11 is 0. The first kappa shape index (κ1) is 13.4. The molecule has 1 N–H and O–H groups in total. The van der Waals surface area contributed by atoms with E-state index in [1.807, 2.05) is 4.90 Å². The van der Waals surface area contributed by atoms with Gasteiger partial charge in [-0.1, -0.05) is 18.2 Å². The lowest BCUT2D eigenvalue weighted by molar-refractivity contribution is -0.131. The van der Waals surface area contributed by atoms with Gasteiger partial charge in [-0.2, -0.15) is 0 Å². The molecule has 0 aliphatic carbocycles. The van der Waals surface area contributed by atoms with E-state index in [0.29, 0.717) is 6.54 Å². The summed E-state index contributed by atoms with van der Waals surface area (Å²) in [5.41, 5.74) is 4.05. The van der Waals surface area contributed by atoms with Crippen LogP contribution in [0.25, 0.3) is 0 Å². The Balaban J connectivity index is 1.72. The number of para-hydroxylation sites is 1. The highest BCUT2D eigenvalue weighted by molar-refractivity contribution is 5.78. The van der Waals surface area contributed by atoms with Crippen molar-refractivity contribution in [1.82, 2.24) is 9.80 Å². The SMILES string of the molecule is CCN1CCCN(Cc2cccc3c2NCC3)CC1=O. The standard InChI is InChI=1S/C16H23N3O/c1-2-19-10-4-9-18(12-15(19)20)11-14-6-3-5-13-7-8-17-16(13)14/h3,5-6,17H,2,4,7-12H2,1H3. The predicted octanol–water partition coefficient (Wildman–Crippen LogP) is 1.71. The maximum atomic E-state index is 12.1. The molecule has 0 radical (unpaired) electrons. The van der Waals surface area contributed by atoms with Gasteiger partial charge in [0.05, 0.1) is 6.54 Å². The predicted molar refractivity (Wildman–Crippen MR) is 80.8 cm³/mol. The number of likely N-dealkylation sites (N-methyl/N-ethyl adjacent to an activating group) is 1. The zero-order valence-corrected chi connectivity index (χ0v) is 12.2. The van der Waals surface area contributed by atoms with E-state index >= 15 is 0 Å². The fourth-order valence-corrected chi connectivity index (χ4v) is 3.23. The Kier molecular flexibility index (Phi) is 3.92. The lowest BCUT2D eigenvalue weighted by atomic mass is 10.1. The van der Waals surface area contributed by atoms with E-state index < -0.39 is 0 Å². The van der Waals surface area contributed by atoms with E-state index in [2.05, 4.69) is 35.3 Å². The van der Waals surface area contributed by atoms with Crippen molar-refractivity contribution in [3.8, 4) is 0 Å². The molecule has 0 aromatic heterocycles. The van der Waals surface area contributed by atoms with Crippen molar-refractivity contribution in [2.75, 3.05) is 38.0 Å². The molecular weight excluding hydrogens is 250 g/mol. The topological polar surface area (TPSA) is 35.6 Å². The Morgan fingerprint density at radius 3 is 3.05 bits per heavy atom. The summed E-state index contributed by atoms with van der Waals surface area (Å²) in [4.78, 5) is 16.4. The van der Waals surface area contributed by atoms with Crippen molar-refractivity contribution in [2.45, 2.75) is 26.3 Å². The Morgan fingerprint density at radius 1 is 1.30 bits per heavy atom. The molecule has 1 fully saturated rings. The molecule has 2 heterocycles. The number of nitrogens with zero attached hydrogens (tertiary/aromatic N) is 2. The molecule has 108 valence electrons. The van der Waals surface area contributed by atoms with Gasteiger partial charge in [-0.15, -0.1) is 0 Å². The molecule has 0 saturated carbocycles. The van der Waals surface area contributed by atoms with Crippen LogP contribution in [0.5, 0.6) is 0 Å². The summed E-state index contributed by atoms with van der Waals surface area (Å²) in [6.45, 7) is 7.26. The monoisotopic (exact) mass is 273 g/mol. The number of rotatable bonds is 3. The number of carbonyl (C=O) groups excluding carboxylic acids is 1. The molecule has 2 aliphatic rings. The Labute approximate surface area is 120 Å². The smallest absolute Gasteiger partial charge is 0.236 e. The zero-order chi connectivity index (χ0) is 13.9. The minimum absolute atomic E-state index is 0.269. The van der Waals surface area contributed by atoms with Crippen molar-refractivity contribution >= 4 is 11.6 Å². The number of hydrogen-bond acceptors (Lipinski definition) is 3.